The monoisotopic (exact) mass is 283 g/mol. The van der Waals surface area contributed by atoms with Crippen LogP contribution in [0.3, 0.4) is 0 Å². The highest BCUT2D eigenvalue weighted by Crippen LogP contribution is 2.24. The Bertz CT molecular complexity index is 432. The van der Waals surface area contributed by atoms with Crippen LogP contribution in [0.25, 0.3) is 0 Å². The van der Waals surface area contributed by atoms with Gasteiger partial charge in [0.05, 0.1) is 13.2 Å². The second-order valence-electron chi connectivity index (χ2n) is 4.52. The van der Waals surface area contributed by atoms with Crippen LogP contribution in [0.2, 0.25) is 5.02 Å². The molecule has 1 aliphatic heterocycles. The second-order valence-corrected chi connectivity index (χ2v) is 4.93. The summed E-state index contributed by atoms with van der Waals surface area (Å²) in [7, 11) is 1.37. The number of rotatable bonds is 5. The van der Waals surface area contributed by atoms with E-state index in [-0.39, 0.29) is 12.1 Å². The van der Waals surface area contributed by atoms with E-state index in [1.807, 2.05) is 18.2 Å². The first-order valence-corrected chi connectivity index (χ1v) is 6.77. The van der Waals surface area contributed by atoms with Crippen molar-refractivity contribution < 1.29 is 14.3 Å². The van der Waals surface area contributed by atoms with Crippen molar-refractivity contribution in [2.45, 2.75) is 25.0 Å². The highest BCUT2D eigenvalue weighted by atomic mass is 35.5. The number of carbonyl (C=O) groups excluding carboxylic acids is 1. The van der Waals surface area contributed by atoms with Crippen LogP contribution in [-0.4, -0.2) is 32.3 Å². The van der Waals surface area contributed by atoms with Crippen LogP contribution < -0.4 is 5.32 Å². The number of esters is 1. The van der Waals surface area contributed by atoms with Gasteiger partial charge in [-0.25, -0.2) is 4.79 Å². The molecular formula is C14H18ClNO3. The van der Waals surface area contributed by atoms with Crippen molar-refractivity contribution in [3.8, 4) is 0 Å². The fraction of sp³-hybridized carbons (Fsp3) is 0.500. The summed E-state index contributed by atoms with van der Waals surface area (Å²) in [6, 6.07) is 6.72. The number of hydrogen-bond donors (Lipinski definition) is 1. The number of benzene rings is 1. The highest BCUT2D eigenvalue weighted by Gasteiger charge is 2.25. The Labute approximate surface area is 118 Å². The molecule has 0 saturated carbocycles. The maximum absolute atomic E-state index is 11.9. The van der Waals surface area contributed by atoms with Gasteiger partial charge in [0.25, 0.3) is 0 Å². The van der Waals surface area contributed by atoms with Crippen LogP contribution in [0.4, 0.5) is 0 Å². The average Bonchev–Trinajstić information content (AvgIpc) is 2.93. The van der Waals surface area contributed by atoms with E-state index < -0.39 is 6.04 Å². The SMILES string of the molecule is COC(=O)C(NCC1CCCO1)c1ccccc1Cl. The van der Waals surface area contributed by atoms with Crippen molar-refractivity contribution in [2.75, 3.05) is 20.3 Å². The van der Waals surface area contributed by atoms with Crippen molar-refractivity contribution >= 4 is 17.6 Å². The molecule has 1 aromatic carbocycles. The molecule has 0 radical (unpaired) electrons. The minimum Gasteiger partial charge on any atom is -0.468 e. The van der Waals surface area contributed by atoms with E-state index in [0.717, 1.165) is 25.0 Å². The summed E-state index contributed by atoms with van der Waals surface area (Å²) in [5, 5.41) is 3.74. The lowest BCUT2D eigenvalue weighted by molar-refractivity contribution is -0.143. The molecule has 2 unspecified atom stereocenters. The number of carbonyl (C=O) groups is 1. The molecule has 1 fully saturated rings. The van der Waals surface area contributed by atoms with Crippen LogP contribution in [-0.2, 0) is 14.3 Å². The molecule has 0 aromatic heterocycles. The third kappa shape index (κ3) is 3.69. The van der Waals surface area contributed by atoms with Crippen molar-refractivity contribution in [1.29, 1.82) is 0 Å². The summed E-state index contributed by atoms with van der Waals surface area (Å²) in [5.74, 6) is -0.342. The van der Waals surface area contributed by atoms with Gasteiger partial charge >= 0.3 is 5.97 Å². The Kier molecular flexibility index (Phi) is 5.19. The van der Waals surface area contributed by atoms with Gasteiger partial charge in [-0.2, -0.15) is 0 Å². The minimum absolute atomic E-state index is 0.162. The fourth-order valence-corrected chi connectivity index (χ4v) is 2.45. The quantitative estimate of drug-likeness (QED) is 0.843. The van der Waals surface area contributed by atoms with Gasteiger partial charge in [0.1, 0.15) is 6.04 Å². The minimum atomic E-state index is -0.553. The van der Waals surface area contributed by atoms with Crippen LogP contribution in [0.15, 0.2) is 24.3 Å². The zero-order chi connectivity index (χ0) is 13.7. The molecule has 1 saturated heterocycles. The average molecular weight is 284 g/mol. The number of nitrogens with one attached hydrogen (secondary N) is 1. The molecule has 0 bridgehead atoms. The zero-order valence-corrected chi connectivity index (χ0v) is 11.7. The summed E-state index contributed by atoms with van der Waals surface area (Å²) in [4.78, 5) is 11.9. The maximum atomic E-state index is 11.9. The number of halogens is 1. The van der Waals surface area contributed by atoms with Gasteiger partial charge in [-0.1, -0.05) is 29.8 Å². The maximum Gasteiger partial charge on any atom is 0.327 e. The third-order valence-electron chi connectivity index (χ3n) is 3.23. The molecule has 104 valence electrons. The first-order valence-electron chi connectivity index (χ1n) is 6.39. The largest absolute Gasteiger partial charge is 0.468 e. The van der Waals surface area contributed by atoms with Gasteiger partial charge in [-0.15, -0.1) is 0 Å². The van der Waals surface area contributed by atoms with Crippen molar-refractivity contribution in [3.05, 3.63) is 34.9 Å². The zero-order valence-electron chi connectivity index (χ0n) is 10.9. The van der Waals surface area contributed by atoms with Crippen molar-refractivity contribution in [1.82, 2.24) is 5.32 Å². The van der Waals surface area contributed by atoms with Crippen molar-refractivity contribution in [2.24, 2.45) is 0 Å². The van der Waals surface area contributed by atoms with Crippen LogP contribution >= 0.6 is 11.6 Å². The van der Waals surface area contributed by atoms with Gasteiger partial charge in [-0.3, -0.25) is 5.32 Å². The van der Waals surface area contributed by atoms with Gasteiger partial charge < -0.3 is 9.47 Å². The number of methoxy groups -OCH3 is 1. The fourth-order valence-electron chi connectivity index (χ4n) is 2.20. The highest BCUT2D eigenvalue weighted by molar-refractivity contribution is 6.31. The molecule has 0 spiro atoms. The summed E-state index contributed by atoms with van der Waals surface area (Å²) in [6.07, 6.45) is 2.25. The summed E-state index contributed by atoms with van der Waals surface area (Å²) in [5.41, 5.74) is 0.731. The number of ether oxygens (including phenoxy) is 2. The summed E-state index contributed by atoms with van der Waals surface area (Å²) >= 11 is 6.14. The van der Waals surface area contributed by atoms with Crippen molar-refractivity contribution in [3.63, 3.8) is 0 Å². The molecule has 2 rings (SSSR count). The van der Waals surface area contributed by atoms with E-state index in [2.05, 4.69) is 5.32 Å². The molecule has 0 aliphatic carbocycles. The first-order chi connectivity index (χ1) is 9.22. The van der Waals surface area contributed by atoms with E-state index in [1.54, 1.807) is 6.07 Å². The lowest BCUT2D eigenvalue weighted by Gasteiger charge is -2.20. The molecule has 1 N–H and O–H groups in total. The van der Waals surface area contributed by atoms with Gasteiger partial charge in [-0.05, 0) is 24.5 Å². The predicted octanol–water partition coefficient (Wildman–Crippen LogP) is 2.32. The van der Waals surface area contributed by atoms with Crippen LogP contribution in [0, 0.1) is 0 Å². The van der Waals surface area contributed by atoms with Crippen LogP contribution in [0.1, 0.15) is 24.4 Å². The normalized spacial score (nSPS) is 20.2. The molecule has 1 aromatic rings. The van der Waals surface area contributed by atoms with Crippen LogP contribution in [0.5, 0.6) is 0 Å². The standard InChI is InChI=1S/C14H18ClNO3/c1-18-14(17)13(11-6-2-3-7-12(11)15)16-9-10-5-4-8-19-10/h2-3,6-7,10,13,16H,4-5,8-9H2,1H3. The van der Waals surface area contributed by atoms with E-state index in [1.165, 1.54) is 7.11 Å². The topological polar surface area (TPSA) is 47.6 Å². The molecular weight excluding hydrogens is 266 g/mol. The summed E-state index contributed by atoms with van der Waals surface area (Å²) in [6.45, 7) is 1.41. The third-order valence-corrected chi connectivity index (χ3v) is 3.57. The summed E-state index contributed by atoms with van der Waals surface area (Å²) < 4.78 is 10.4. The molecule has 19 heavy (non-hydrogen) atoms. The van der Waals surface area contributed by atoms with Gasteiger partial charge in [0, 0.05) is 18.2 Å². The molecule has 2 atom stereocenters. The van der Waals surface area contributed by atoms with E-state index in [0.29, 0.717) is 11.6 Å². The molecule has 1 heterocycles. The van der Waals surface area contributed by atoms with E-state index in [4.69, 9.17) is 21.1 Å². The second kappa shape index (κ2) is 6.89. The van der Waals surface area contributed by atoms with E-state index >= 15 is 0 Å². The Morgan fingerprint density at radius 2 is 2.37 bits per heavy atom. The first kappa shape index (κ1) is 14.3. The Morgan fingerprint density at radius 3 is 3.00 bits per heavy atom. The molecule has 1 aliphatic rings. The molecule has 0 amide bonds. The van der Waals surface area contributed by atoms with E-state index in [9.17, 15) is 4.79 Å². The number of hydrogen-bond acceptors (Lipinski definition) is 4. The van der Waals surface area contributed by atoms with Gasteiger partial charge in [0.2, 0.25) is 0 Å². The Morgan fingerprint density at radius 1 is 1.58 bits per heavy atom. The van der Waals surface area contributed by atoms with Gasteiger partial charge in [0.15, 0.2) is 0 Å². The molecule has 5 heteroatoms. The lowest BCUT2D eigenvalue weighted by atomic mass is 10.1. The Hall–Kier alpha value is -1.10. The smallest absolute Gasteiger partial charge is 0.327 e. The Balaban J connectivity index is 2.07. The molecule has 4 nitrogen and oxygen atoms in total. The predicted molar refractivity (Wildman–Crippen MR) is 73.2 cm³/mol. The lowest BCUT2D eigenvalue weighted by Crippen LogP contribution is -2.35.